The number of rotatable bonds is 1. The van der Waals surface area contributed by atoms with Crippen LogP contribution in [-0.4, -0.2) is 22.3 Å². The SMILES string of the molecule is NNC(=O)c1cc2n(n1)CCCO2. The summed E-state index contributed by atoms with van der Waals surface area (Å²) in [4.78, 5) is 11.1. The Balaban J connectivity index is 2.30. The Kier molecular flexibility index (Phi) is 1.90. The molecule has 0 fully saturated rings. The van der Waals surface area contributed by atoms with Gasteiger partial charge < -0.3 is 4.74 Å². The van der Waals surface area contributed by atoms with Gasteiger partial charge in [0.1, 0.15) is 0 Å². The highest BCUT2D eigenvalue weighted by Gasteiger charge is 2.16. The number of fused-ring (bicyclic) bond motifs is 1. The van der Waals surface area contributed by atoms with Gasteiger partial charge in [0.05, 0.1) is 6.61 Å². The summed E-state index contributed by atoms with van der Waals surface area (Å²) in [6.45, 7) is 1.46. The number of hydrazine groups is 1. The summed E-state index contributed by atoms with van der Waals surface area (Å²) in [6.07, 6.45) is 0.915. The van der Waals surface area contributed by atoms with Crippen molar-refractivity contribution in [2.24, 2.45) is 5.84 Å². The van der Waals surface area contributed by atoms with Gasteiger partial charge in [0.25, 0.3) is 5.91 Å². The summed E-state index contributed by atoms with van der Waals surface area (Å²) >= 11 is 0. The molecule has 2 heterocycles. The lowest BCUT2D eigenvalue weighted by Gasteiger charge is -2.13. The van der Waals surface area contributed by atoms with Gasteiger partial charge in [-0.3, -0.25) is 10.2 Å². The van der Waals surface area contributed by atoms with E-state index in [9.17, 15) is 4.79 Å². The van der Waals surface area contributed by atoms with E-state index in [1.54, 1.807) is 10.7 Å². The maximum atomic E-state index is 11.1. The first-order chi connectivity index (χ1) is 6.31. The zero-order valence-corrected chi connectivity index (χ0v) is 6.99. The third-order valence-corrected chi connectivity index (χ3v) is 1.87. The second-order valence-electron chi connectivity index (χ2n) is 2.77. The van der Waals surface area contributed by atoms with Crippen molar-refractivity contribution in [2.45, 2.75) is 13.0 Å². The van der Waals surface area contributed by atoms with Crippen LogP contribution < -0.4 is 16.0 Å². The van der Waals surface area contributed by atoms with Crippen molar-refractivity contribution >= 4 is 5.91 Å². The van der Waals surface area contributed by atoms with E-state index >= 15 is 0 Å². The molecule has 0 saturated heterocycles. The molecule has 0 radical (unpaired) electrons. The van der Waals surface area contributed by atoms with Crippen molar-refractivity contribution in [1.82, 2.24) is 15.2 Å². The number of nitrogens with two attached hydrogens (primary N) is 1. The minimum absolute atomic E-state index is 0.291. The van der Waals surface area contributed by atoms with Crippen molar-refractivity contribution in [2.75, 3.05) is 6.61 Å². The molecule has 1 aromatic heterocycles. The number of nitrogens with one attached hydrogen (secondary N) is 1. The van der Waals surface area contributed by atoms with Crippen LogP contribution in [0.4, 0.5) is 0 Å². The van der Waals surface area contributed by atoms with Crippen molar-refractivity contribution in [1.29, 1.82) is 0 Å². The Morgan fingerprint density at radius 3 is 3.31 bits per heavy atom. The maximum Gasteiger partial charge on any atom is 0.285 e. The van der Waals surface area contributed by atoms with E-state index in [-0.39, 0.29) is 0 Å². The molecule has 1 amide bonds. The summed E-state index contributed by atoms with van der Waals surface area (Å²) in [5.74, 6) is 5.20. The van der Waals surface area contributed by atoms with Crippen molar-refractivity contribution in [3.8, 4) is 5.88 Å². The molecule has 1 aliphatic rings. The number of amides is 1. The number of aryl methyl sites for hydroxylation is 1. The Morgan fingerprint density at radius 1 is 1.77 bits per heavy atom. The molecule has 6 heteroatoms. The zero-order chi connectivity index (χ0) is 9.26. The number of carbonyl (C=O) groups is 1. The Morgan fingerprint density at radius 2 is 2.62 bits per heavy atom. The fraction of sp³-hybridized carbons (Fsp3) is 0.429. The largest absolute Gasteiger partial charge is 0.478 e. The van der Waals surface area contributed by atoms with Gasteiger partial charge in [0.2, 0.25) is 5.88 Å². The van der Waals surface area contributed by atoms with Gasteiger partial charge in [0.15, 0.2) is 5.69 Å². The Bertz CT molecular complexity index is 310. The minimum atomic E-state index is -0.398. The van der Waals surface area contributed by atoms with E-state index in [0.29, 0.717) is 18.2 Å². The lowest BCUT2D eigenvalue weighted by atomic mass is 10.4. The summed E-state index contributed by atoms with van der Waals surface area (Å²) in [5.41, 5.74) is 2.31. The Hall–Kier alpha value is -1.56. The highest BCUT2D eigenvalue weighted by atomic mass is 16.5. The molecule has 0 aliphatic carbocycles. The first kappa shape index (κ1) is 8.06. The summed E-state index contributed by atoms with van der Waals surface area (Å²) in [6, 6.07) is 1.58. The molecule has 1 aromatic rings. The van der Waals surface area contributed by atoms with E-state index in [1.807, 2.05) is 5.43 Å². The molecule has 0 spiro atoms. The van der Waals surface area contributed by atoms with E-state index in [2.05, 4.69) is 5.10 Å². The van der Waals surface area contributed by atoms with Crippen LogP contribution in [0.5, 0.6) is 5.88 Å². The fourth-order valence-corrected chi connectivity index (χ4v) is 1.25. The summed E-state index contributed by atoms with van der Waals surface area (Å²) in [7, 11) is 0. The van der Waals surface area contributed by atoms with E-state index in [4.69, 9.17) is 10.6 Å². The number of ether oxygens (including phenoxy) is 1. The van der Waals surface area contributed by atoms with Crippen molar-refractivity contribution < 1.29 is 9.53 Å². The van der Waals surface area contributed by atoms with Crippen LogP contribution in [0.3, 0.4) is 0 Å². The molecular weight excluding hydrogens is 172 g/mol. The predicted octanol–water partition coefficient (Wildman–Crippen LogP) is -0.731. The van der Waals surface area contributed by atoms with Crippen LogP contribution in [0.15, 0.2) is 6.07 Å². The molecule has 0 bridgehead atoms. The van der Waals surface area contributed by atoms with Gasteiger partial charge in [-0.25, -0.2) is 10.5 Å². The number of carbonyl (C=O) groups excluding carboxylic acids is 1. The number of hydrogen-bond donors (Lipinski definition) is 2. The van der Waals surface area contributed by atoms with Gasteiger partial charge in [-0.15, -0.1) is 0 Å². The average Bonchev–Trinajstić information content (AvgIpc) is 2.59. The van der Waals surface area contributed by atoms with E-state index in [0.717, 1.165) is 13.0 Å². The zero-order valence-electron chi connectivity index (χ0n) is 6.99. The Labute approximate surface area is 74.6 Å². The second kappa shape index (κ2) is 3.06. The van der Waals surface area contributed by atoms with Gasteiger partial charge in [0, 0.05) is 19.0 Å². The standard InChI is InChI=1S/C7H10N4O2/c8-9-7(12)5-4-6-11(10-5)2-1-3-13-6/h4H,1-3,8H2,(H,9,12). The molecular formula is C7H10N4O2. The molecule has 0 aromatic carbocycles. The van der Waals surface area contributed by atoms with Gasteiger partial charge in [-0.1, -0.05) is 0 Å². The molecule has 70 valence electrons. The maximum absolute atomic E-state index is 11.1. The third kappa shape index (κ3) is 1.35. The third-order valence-electron chi connectivity index (χ3n) is 1.87. The van der Waals surface area contributed by atoms with E-state index < -0.39 is 5.91 Å². The van der Waals surface area contributed by atoms with Crippen LogP contribution >= 0.6 is 0 Å². The second-order valence-corrected chi connectivity index (χ2v) is 2.77. The van der Waals surface area contributed by atoms with Crippen molar-refractivity contribution in [3.63, 3.8) is 0 Å². The van der Waals surface area contributed by atoms with Crippen LogP contribution in [0.25, 0.3) is 0 Å². The molecule has 3 N–H and O–H groups in total. The average molecular weight is 182 g/mol. The normalized spacial score (nSPS) is 14.5. The first-order valence-electron chi connectivity index (χ1n) is 4.03. The highest BCUT2D eigenvalue weighted by Crippen LogP contribution is 2.17. The first-order valence-corrected chi connectivity index (χ1v) is 4.03. The lowest BCUT2D eigenvalue weighted by molar-refractivity contribution is 0.0947. The van der Waals surface area contributed by atoms with Gasteiger partial charge in [-0.05, 0) is 0 Å². The molecule has 1 aliphatic heterocycles. The predicted molar refractivity (Wildman–Crippen MR) is 44.0 cm³/mol. The number of hydrogen-bond acceptors (Lipinski definition) is 4. The highest BCUT2D eigenvalue weighted by molar-refractivity contribution is 5.92. The van der Waals surface area contributed by atoms with Gasteiger partial charge >= 0.3 is 0 Å². The van der Waals surface area contributed by atoms with Crippen LogP contribution in [0.1, 0.15) is 16.9 Å². The molecule has 0 unspecified atom stereocenters. The van der Waals surface area contributed by atoms with Crippen LogP contribution in [0.2, 0.25) is 0 Å². The van der Waals surface area contributed by atoms with E-state index in [1.165, 1.54) is 0 Å². The topological polar surface area (TPSA) is 82.2 Å². The summed E-state index contributed by atoms with van der Waals surface area (Å²) < 4.78 is 6.94. The number of aromatic nitrogens is 2. The number of nitrogen functional groups attached to an aromatic ring is 1. The monoisotopic (exact) mass is 182 g/mol. The van der Waals surface area contributed by atoms with Crippen LogP contribution in [0, 0.1) is 0 Å². The van der Waals surface area contributed by atoms with Crippen LogP contribution in [-0.2, 0) is 6.54 Å². The molecule has 0 saturated carbocycles. The quantitative estimate of drug-likeness (QED) is 0.341. The minimum Gasteiger partial charge on any atom is -0.478 e. The lowest BCUT2D eigenvalue weighted by Crippen LogP contribution is -2.30. The molecule has 0 atom stereocenters. The molecule has 6 nitrogen and oxygen atoms in total. The smallest absolute Gasteiger partial charge is 0.285 e. The molecule has 13 heavy (non-hydrogen) atoms. The van der Waals surface area contributed by atoms with Gasteiger partial charge in [-0.2, -0.15) is 5.10 Å². The van der Waals surface area contributed by atoms with Crippen molar-refractivity contribution in [3.05, 3.63) is 11.8 Å². The summed E-state index contributed by atoms with van der Waals surface area (Å²) in [5, 5.41) is 4.02. The number of nitrogens with zero attached hydrogens (tertiary/aromatic N) is 2. The fourth-order valence-electron chi connectivity index (χ4n) is 1.25. The molecule has 2 rings (SSSR count).